The summed E-state index contributed by atoms with van der Waals surface area (Å²) in [6.07, 6.45) is 5.79. The van der Waals surface area contributed by atoms with Crippen LogP contribution in [0.3, 0.4) is 0 Å². The molecule has 0 spiro atoms. The van der Waals surface area contributed by atoms with Crippen molar-refractivity contribution in [2.45, 2.75) is 44.8 Å². The van der Waals surface area contributed by atoms with Gasteiger partial charge in [0.05, 0.1) is 12.6 Å². The Kier molecular flexibility index (Phi) is 6.67. The zero-order valence-corrected chi connectivity index (χ0v) is 22.6. The second kappa shape index (κ2) is 10.3. The van der Waals surface area contributed by atoms with E-state index in [1.165, 1.54) is 14.0 Å². The summed E-state index contributed by atoms with van der Waals surface area (Å²) >= 11 is 5.98. The van der Waals surface area contributed by atoms with Crippen LogP contribution in [0.4, 0.5) is 5.82 Å². The molecule has 3 atom stereocenters. The zero-order valence-electron chi connectivity index (χ0n) is 21.9. The first-order valence-electron chi connectivity index (χ1n) is 12.9. The molecule has 2 aliphatic rings. The van der Waals surface area contributed by atoms with Gasteiger partial charge in [-0.1, -0.05) is 23.7 Å². The Morgan fingerprint density at radius 1 is 1.10 bits per heavy atom. The monoisotopic (exact) mass is 559 g/mol. The van der Waals surface area contributed by atoms with Crippen molar-refractivity contribution in [3.8, 4) is 17.1 Å². The lowest BCUT2D eigenvalue weighted by Crippen LogP contribution is -2.52. The van der Waals surface area contributed by atoms with Crippen molar-refractivity contribution in [2.75, 3.05) is 12.4 Å². The summed E-state index contributed by atoms with van der Waals surface area (Å²) in [6, 6.07) is 10.2. The van der Waals surface area contributed by atoms with Crippen molar-refractivity contribution in [1.82, 2.24) is 29.6 Å². The minimum atomic E-state index is -0.609. The van der Waals surface area contributed by atoms with Crippen LogP contribution in [0.2, 0.25) is 5.15 Å². The van der Waals surface area contributed by atoms with Gasteiger partial charge >= 0.3 is 6.01 Å². The molecule has 1 N–H and O–H groups in total. The number of hydrogen-bond acceptors (Lipinski definition) is 8. The third-order valence-corrected chi connectivity index (χ3v) is 7.83. The number of rotatable bonds is 7. The number of nitrogens with one attached hydrogen (secondary N) is 1. The SMILES string of the molecule is COc1ncc(-c2ccc3c(c2)c(C(C)=O)nn3CC(=O)N2[C@@H]3CC[C@@H](C3)[C@H]2C(=O)Nc2cccc(Cl)n2)cn1. The maximum absolute atomic E-state index is 13.7. The zero-order chi connectivity index (χ0) is 28.0. The fraction of sp³-hybridized carbons (Fsp3) is 0.321. The van der Waals surface area contributed by atoms with Gasteiger partial charge in [-0.15, -0.1) is 0 Å². The molecular formula is C28H26ClN7O4. The molecule has 2 bridgehead atoms. The molecule has 6 rings (SSSR count). The first-order chi connectivity index (χ1) is 19.3. The van der Waals surface area contributed by atoms with E-state index in [1.54, 1.807) is 40.2 Å². The van der Waals surface area contributed by atoms with Gasteiger partial charge in [0.15, 0.2) is 5.78 Å². The van der Waals surface area contributed by atoms with E-state index in [0.29, 0.717) is 16.7 Å². The largest absolute Gasteiger partial charge is 0.467 e. The molecule has 4 aromatic rings. The highest BCUT2D eigenvalue weighted by Gasteiger charge is 2.51. The third kappa shape index (κ3) is 4.66. The molecule has 1 saturated heterocycles. The molecule has 204 valence electrons. The van der Waals surface area contributed by atoms with E-state index in [4.69, 9.17) is 16.3 Å². The molecule has 12 heteroatoms. The Balaban J connectivity index is 1.28. The number of amides is 2. The van der Waals surface area contributed by atoms with Gasteiger partial charge in [-0.3, -0.25) is 19.1 Å². The number of carbonyl (C=O) groups excluding carboxylic acids is 3. The maximum Gasteiger partial charge on any atom is 0.316 e. The van der Waals surface area contributed by atoms with Crippen molar-refractivity contribution >= 4 is 45.9 Å². The number of ether oxygens (including phenoxy) is 1. The molecule has 0 radical (unpaired) electrons. The number of anilines is 1. The van der Waals surface area contributed by atoms with Crippen LogP contribution in [0.1, 0.15) is 36.7 Å². The normalized spacial score (nSPS) is 19.7. The fourth-order valence-electron chi connectivity index (χ4n) is 5.88. The second-order valence-corrected chi connectivity index (χ2v) is 10.4. The number of piperidine rings is 1. The lowest BCUT2D eigenvalue weighted by molar-refractivity contribution is -0.141. The van der Waals surface area contributed by atoms with Crippen LogP contribution in [0, 0.1) is 5.92 Å². The van der Waals surface area contributed by atoms with E-state index in [2.05, 4.69) is 25.4 Å². The number of hydrogen-bond donors (Lipinski definition) is 1. The summed E-state index contributed by atoms with van der Waals surface area (Å²) in [5.41, 5.74) is 2.46. The summed E-state index contributed by atoms with van der Waals surface area (Å²) in [5.74, 6) is -0.305. The van der Waals surface area contributed by atoms with Crippen molar-refractivity contribution in [3.05, 3.63) is 59.6 Å². The van der Waals surface area contributed by atoms with Gasteiger partial charge in [-0.25, -0.2) is 15.0 Å². The quantitative estimate of drug-likeness (QED) is 0.267. The molecule has 4 heterocycles. The van der Waals surface area contributed by atoms with Gasteiger partial charge < -0.3 is 15.0 Å². The highest BCUT2D eigenvalue weighted by molar-refractivity contribution is 6.29. The van der Waals surface area contributed by atoms with E-state index in [0.717, 1.165) is 30.4 Å². The topological polar surface area (TPSA) is 132 Å². The number of likely N-dealkylation sites (tertiary alicyclic amines) is 1. The van der Waals surface area contributed by atoms with Crippen molar-refractivity contribution in [3.63, 3.8) is 0 Å². The Bertz CT molecular complexity index is 1640. The minimum absolute atomic E-state index is 0.0173. The lowest BCUT2D eigenvalue weighted by Gasteiger charge is -2.34. The van der Waals surface area contributed by atoms with Gasteiger partial charge in [-0.2, -0.15) is 5.10 Å². The van der Waals surface area contributed by atoms with E-state index < -0.39 is 6.04 Å². The van der Waals surface area contributed by atoms with Crippen LogP contribution in [0.25, 0.3) is 22.0 Å². The molecule has 1 saturated carbocycles. The molecular weight excluding hydrogens is 534 g/mol. The molecule has 1 aliphatic heterocycles. The molecule has 1 aliphatic carbocycles. The van der Waals surface area contributed by atoms with E-state index in [-0.39, 0.29) is 53.0 Å². The Morgan fingerprint density at radius 2 is 1.90 bits per heavy atom. The van der Waals surface area contributed by atoms with Crippen LogP contribution in [0.5, 0.6) is 6.01 Å². The number of benzene rings is 1. The Labute approximate surface area is 234 Å². The van der Waals surface area contributed by atoms with Crippen LogP contribution in [0.15, 0.2) is 48.8 Å². The molecule has 3 aromatic heterocycles. The van der Waals surface area contributed by atoms with Crippen LogP contribution in [-0.2, 0) is 16.1 Å². The van der Waals surface area contributed by atoms with Crippen LogP contribution < -0.4 is 10.1 Å². The standard InChI is InChI=1S/C28H26ClN7O4/c1-15(37)25-20-11-16(18-12-30-28(40-2)31-13-18)7-9-21(20)35(34-25)14-24(38)36-19-8-6-17(10-19)26(36)27(39)33-23-5-3-4-22(29)32-23/h3-5,7,9,11-13,17,19,26H,6,8,10,14H2,1-2H3,(H,32,33,39)/t17-,19+,26-/m0/s1. The molecule has 11 nitrogen and oxygen atoms in total. The van der Waals surface area contributed by atoms with Gasteiger partial charge in [0, 0.05) is 36.3 Å². The number of aromatic nitrogens is 5. The average Bonchev–Trinajstić information content (AvgIpc) is 3.66. The number of Topliss-reactive ketones (excluding diaryl/α,β-unsaturated/α-hetero) is 1. The molecule has 2 fully saturated rings. The van der Waals surface area contributed by atoms with E-state index >= 15 is 0 Å². The Morgan fingerprint density at radius 3 is 2.62 bits per heavy atom. The molecule has 40 heavy (non-hydrogen) atoms. The smallest absolute Gasteiger partial charge is 0.316 e. The minimum Gasteiger partial charge on any atom is -0.467 e. The number of halogens is 1. The number of methoxy groups -OCH3 is 1. The number of nitrogens with zero attached hydrogens (tertiary/aromatic N) is 6. The predicted octanol–water partition coefficient (Wildman–Crippen LogP) is 3.77. The predicted molar refractivity (Wildman–Crippen MR) is 147 cm³/mol. The summed E-state index contributed by atoms with van der Waals surface area (Å²) < 4.78 is 6.58. The maximum atomic E-state index is 13.7. The average molecular weight is 560 g/mol. The highest BCUT2D eigenvalue weighted by Crippen LogP contribution is 2.43. The van der Waals surface area contributed by atoms with Crippen molar-refractivity contribution in [2.24, 2.45) is 5.92 Å². The summed E-state index contributed by atoms with van der Waals surface area (Å²) in [6.45, 7) is 1.35. The van der Waals surface area contributed by atoms with Crippen molar-refractivity contribution in [1.29, 1.82) is 0 Å². The number of ketones is 1. The van der Waals surface area contributed by atoms with E-state index in [1.807, 2.05) is 18.2 Å². The molecule has 0 unspecified atom stereocenters. The van der Waals surface area contributed by atoms with Gasteiger partial charge in [-0.05, 0) is 55.0 Å². The molecule has 1 aromatic carbocycles. The summed E-state index contributed by atoms with van der Waals surface area (Å²) in [5, 5.41) is 8.23. The molecule has 2 amide bonds. The summed E-state index contributed by atoms with van der Waals surface area (Å²) in [7, 11) is 1.49. The van der Waals surface area contributed by atoms with Crippen molar-refractivity contribution < 1.29 is 19.1 Å². The van der Waals surface area contributed by atoms with Gasteiger partial charge in [0.1, 0.15) is 29.3 Å². The number of pyridine rings is 1. The first kappa shape index (κ1) is 25.9. The highest BCUT2D eigenvalue weighted by atomic mass is 35.5. The lowest BCUT2D eigenvalue weighted by atomic mass is 9.97. The summed E-state index contributed by atoms with van der Waals surface area (Å²) in [4.78, 5) is 53.7. The second-order valence-electron chi connectivity index (χ2n) is 10.1. The number of fused-ring (bicyclic) bond motifs is 3. The Hall–Kier alpha value is -4.38. The van der Waals surface area contributed by atoms with Gasteiger partial charge in [0.2, 0.25) is 11.8 Å². The first-order valence-corrected chi connectivity index (χ1v) is 13.3. The van der Waals surface area contributed by atoms with Crippen LogP contribution in [-0.4, -0.2) is 66.4 Å². The van der Waals surface area contributed by atoms with Gasteiger partial charge in [0.25, 0.3) is 0 Å². The fourth-order valence-corrected chi connectivity index (χ4v) is 6.05. The van der Waals surface area contributed by atoms with E-state index in [9.17, 15) is 14.4 Å². The third-order valence-electron chi connectivity index (χ3n) is 7.62. The van der Waals surface area contributed by atoms with Crippen LogP contribution >= 0.6 is 11.6 Å². The number of carbonyl (C=O) groups is 3.